The van der Waals surface area contributed by atoms with Crippen LogP contribution < -0.4 is 10.6 Å². The fourth-order valence-electron chi connectivity index (χ4n) is 2.21. The van der Waals surface area contributed by atoms with Crippen molar-refractivity contribution in [1.29, 1.82) is 0 Å². The Kier molecular flexibility index (Phi) is 5.84. The van der Waals surface area contributed by atoms with Gasteiger partial charge in [0.2, 0.25) is 5.91 Å². The van der Waals surface area contributed by atoms with Crippen molar-refractivity contribution in [2.24, 2.45) is 5.73 Å². The molecule has 0 radical (unpaired) electrons. The lowest BCUT2D eigenvalue weighted by molar-refractivity contribution is -0.117. The second-order valence-corrected chi connectivity index (χ2v) is 5.22. The smallest absolute Gasteiger partial charge is 0.337 e. The zero-order valence-corrected chi connectivity index (χ0v) is 13.6. The summed E-state index contributed by atoms with van der Waals surface area (Å²) >= 11 is 0. The van der Waals surface area contributed by atoms with Gasteiger partial charge < -0.3 is 15.4 Å². The maximum absolute atomic E-state index is 13.1. The molecule has 0 aliphatic heterocycles. The third-order valence-electron chi connectivity index (χ3n) is 3.52. The van der Waals surface area contributed by atoms with E-state index in [9.17, 15) is 18.8 Å². The van der Waals surface area contributed by atoms with E-state index < -0.39 is 23.6 Å². The van der Waals surface area contributed by atoms with Crippen LogP contribution in [0.5, 0.6) is 0 Å². The van der Waals surface area contributed by atoms with Crippen LogP contribution in [0.2, 0.25) is 0 Å². The van der Waals surface area contributed by atoms with Crippen LogP contribution in [0.1, 0.15) is 27.1 Å². The average Bonchev–Trinajstić information content (AvgIpc) is 2.62. The molecule has 7 heteroatoms. The Bertz CT molecular complexity index is 773. The normalized spacial score (nSPS) is 10.2. The van der Waals surface area contributed by atoms with Crippen molar-refractivity contribution in [3.63, 3.8) is 0 Å². The highest BCUT2D eigenvalue weighted by Gasteiger charge is 2.19. The summed E-state index contributed by atoms with van der Waals surface area (Å²) < 4.78 is 17.7. The number of esters is 1. The first-order valence-electron chi connectivity index (χ1n) is 7.46. The van der Waals surface area contributed by atoms with Gasteiger partial charge >= 0.3 is 5.97 Å². The number of methoxy groups -OCH3 is 1. The van der Waals surface area contributed by atoms with Gasteiger partial charge in [0.25, 0.3) is 5.91 Å². The Balaban J connectivity index is 2.29. The Labute approximate surface area is 144 Å². The lowest BCUT2D eigenvalue weighted by atomic mass is 10.1. The van der Waals surface area contributed by atoms with Crippen molar-refractivity contribution < 1.29 is 23.5 Å². The van der Waals surface area contributed by atoms with Crippen LogP contribution in [-0.2, 0) is 9.53 Å². The van der Waals surface area contributed by atoms with E-state index in [-0.39, 0.29) is 13.0 Å². The van der Waals surface area contributed by atoms with Gasteiger partial charge in [-0.1, -0.05) is 0 Å². The molecule has 0 aliphatic rings. The van der Waals surface area contributed by atoms with E-state index >= 15 is 0 Å². The van der Waals surface area contributed by atoms with Gasteiger partial charge in [-0.2, -0.15) is 0 Å². The van der Waals surface area contributed by atoms with E-state index in [4.69, 9.17) is 5.73 Å². The third-order valence-corrected chi connectivity index (χ3v) is 3.52. The molecule has 25 heavy (non-hydrogen) atoms. The Morgan fingerprint density at radius 3 is 2.08 bits per heavy atom. The van der Waals surface area contributed by atoms with Gasteiger partial charge in [-0.25, -0.2) is 9.18 Å². The molecule has 0 aromatic heterocycles. The van der Waals surface area contributed by atoms with Gasteiger partial charge in [0.15, 0.2) is 0 Å². The summed E-state index contributed by atoms with van der Waals surface area (Å²) in [5.74, 6) is -1.90. The number of primary amides is 1. The number of nitrogens with two attached hydrogens (primary N) is 1. The molecule has 0 fully saturated rings. The van der Waals surface area contributed by atoms with Gasteiger partial charge in [0.1, 0.15) is 5.82 Å². The molecular formula is C18H17FN2O4. The summed E-state index contributed by atoms with van der Waals surface area (Å²) in [6, 6.07) is 11.2. The Morgan fingerprint density at radius 2 is 1.56 bits per heavy atom. The molecule has 0 saturated carbocycles. The first-order chi connectivity index (χ1) is 11.9. The molecule has 0 saturated heterocycles. The van der Waals surface area contributed by atoms with Crippen LogP contribution >= 0.6 is 0 Å². The van der Waals surface area contributed by atoms with Crippen LogP contribution in [0.15, 0.2) is 48.5 Å². The number of rotatable bonds is 6. The number of hydrogen-bond donors (Lipinski definition) is 1. The number of nitrogens with zero attached hydrogens (tertiary/aromatic N) is 1. The Hall–Kier alpha value is -3.22. The topological polar surface area (TPSA) is 89.7 Å². The molecule has 2 N–H and O–H groups in total. The first kappa shape index (κ1) is 18.1. The van der Waals surface area contributed by atoms with Crippen LogP contribution in [0.4, 0.5) is 10.1 Å². The minimum Gasteiger partial charge on any atom is -0.465 e. The van der Waals surface area contributed by atoms with Gasteiger partial charge in [0.05, 0.1) is 12.7 Å². The minimum absolute atomic E-state index is 0.0383. The zero-order chi connectivity index (χ0) is 18.4. The fourth-order valence-corrected chi connectivity index (χ4v) is 2.21. The molecule has 0 heterocycles. The number of amides is 2. The van der Waals surface area contributed by atoms with E-state index in [0.29, 0.717) is 16.8 Å². The summed E-state index contributed by atoms with van der Waals surface area (Å²) in [5.41, 5.74) is 6.21. The molecule has 0 aliphatic carbocycles. The Morgan fingerprint density at radius 1 is 1.00 bits per heavy atom. The number of carbonyl (C=O) groups is 3. The van der Waals surface area contributed by atoms with Crippen LogP contribution in [0.25, 0.3) is 0 Å². The molecule has 0 spiro atoms. The summed E-state index contributed by atoms with van der Waals surface area (Å²) in [7, 11) is 1.27. The molecule has 0 unspecified atom stereocenters. The summed E-state index contributed by atoms with van der Waals surface area (Å²) in [6.45, 7) is 0.0541. The molecule has 2 aromatic rings. The van der Waals surface area contributed by atoms with E-state index in [1.807, 2.05) is 0 Å². The minimum atomic E-state index is -0.555. The summed E-state index contributed by atoms with van der Waals surface area (Å²) in [5, 5.41) is 0. The molecule has 130 valence electrons. The molecular weight excluding hydrogens is 327 g/mol. The largest absolute Gasteiger partial charge is 0.465 e. The number of ether oxygens (including phenoxy) is 1. The van der Waals surface area contributed by atoms with Gasteiger partial charge in [-0.05, 0) is 48.5 Å². The number of hydrogen-bond acceptors (Lipinski definition) is 4. The number of anilines is 1. The molecule has 2 amide bonds. The fraction of sp³-hybridized carbons (Fsp3) is 0.167. The molecule has 0 atom stereocenters. The molecule has 2 rings (SSSR count). The lowest BCUT2D eigenvalue weighted by Gasteiger charge is -2.22. The molecule has 2 aromatic carbocycles. The zero-order valence-electron chi connectivity index (χ0n) is 13.6. The average molecular weight is 344 g/mol. The highest BCUT2D eigenvalue weighted by Crippen LogP contribution is 2.19. The maximum atomic E-state index is 13.1. The lowest BCUT2D eigenvalue weighted by Crippen LogP contribution is -2.34. The van der Waals surface area contributed by atoms with Crippen molar-refractivity contribution in [2.75, 3.05) is 18.6 Å². The third kappa shape index (κ3) is 4.63. The highest BCUT2D eigenvalue weighted by atomic mass is 19.1. The number of carbonyl (C=O) groups excluding carboxylic acids is 3. The molecule has 6 nitrogen and oxygen atoms in total. The summed E-state index contributed by atoms with van der Waals surface area (Å²) in [6.07, 6.45) is -0.0383. The monoisotopic (exact) mass is 344 g/mol. The van der Waals surface area contributed by atoms with Crippen LogP contribution in [0.3, 0.4) is 0 Å². The maximum Gasteiger partial charge on any atom is 0.337 e. The van der Waals surface area contributed by atoms with Crippen molar-refractivity contribution in [1.82, 2.24) is 0 Å². The van der Waals surface area contributed by atoms with Crippen LogP contribution in [0, 0.1) is 5.82 Å². The predicted octanol–water partition coefficient (Wildman–Crippen LogP) is 2.13. The number of benzene rings is 2. The predicted molar refractivity (Wildman–Crippen MR) is 89.7 cm³/mol. The summed E-state index contributed by atoms with van der Waals surface area (Å²) in [4.78, 5) is 36.6. The van der Waals surface area contributed by atoms with E-state index in [0.717, 1.165) is 0 Å². The van der Waals surface area contributed by atoms with Crippen molar-refractivity contribution in [3.05, 3.63) is 65.5 Å². The van der Waals surface area contributed by atoms with Gasteiger partial charge in [-0.3, -0.25) is 9.59 Å². The van der Waals surface area contributed by atoms with Gasteiger partial charge in [0, 0.05) is 24.2 Å². The number of halogens is 1. The van der Waals surface area contributed by atoms with E-state index in [2.05, 4.69) is 4.74 Å². The van der Waals surface area contributed by atoms with Crippen molar-refractivity contribution in [3.8, 4) is 0 Å². The second kappa shape index (κ2) is 8.05. The van der Waals surface area contributed by atoms with Crippen molar-refractivity contribution in [2.45, 2.75) is 6.42 Å². The SMILES string of the molecule is COC(=O)c1ccc(C(=O)N(CCC(N)=O)c2ccc(F)cc2)cc1. The van der Waals surface area contributed by atoms with E-state index in [1.54, 1.807) is 0 Å². The van der Waals surface area contributed by atoms with Crippen molar-refractivity contribution >= 4 is 23.5 Å². The highest BCUT2D eigenvalue weighted by molar-refractivity contribution is 6.06. The molecule has 0 bridgehead atoms. The second-order valence-electron chi connectivity index (χ2n) is 5.22. The van der Waals surface area contributed by atoms with E-state index in [1.165, 1.54) is 60.5 Å². The van der Waals surface area contributed by atoms with Gasteiger partial charge in [-0.15, -0.1) is 0 Å². The van der Waals surface area contributed by atoms with Crippen LogP contribution in [-0.4, -0.2) is 31.4 Å². The standard InChI is InChI=1S/C18H17FN2O4/c1-25-18(24)13-4-2-12(3-5-13)17(23)21(11-10-16(20)22)15-8-6-14(19)7-9-15/h2-9H,10-11H2,1H3,(H2,20,22). The first-order valence-corrected chi connectivity index (χ1v) is 7.46. The quantitative estimate of drug-likeness (QED) is 0.813.